The Balaban J connectivity index is 0.00000144. The van der Waals surface area contributed by atoms with Crippen molar-refractivity contribution in [1.29, 1.82) is 0 Å². The third kappa shape index (κ3) is 3.71. The quantitative estimate of drug-likeness (QED) is 0.506. The zero-order valence-electron chi connectivity index (χ0n) is 10.5. The second kappa shape index (κ2) is 5.87. The van der Waals surface area contributed by atoms with Crippen molar-refractivity contribution in [2.24, 2.45) is 0 Å². The Bertz CT molecular complexity index is 477. The van der Waals surface area contributed by atoms with Crippen molar-refractivity contribution in [3.63, 3.8) is 0 Å². The van der Waals surface area contributed by atoms with Crippen LogP contribution in [0.3, 0.4) is 0 Å². The second-order valence-corrected chi connectivity index (χ2v) is 19.6. The van der Waals surface area contributed by atoms with Crippen LogP contribution in [0.1, 0.15) is 0 Å². The Morgan fingerprint density at radius 3 is 2.12 bits per heavy atom. The SMILES string of the molecule is [CH3][Sn]([CH3])([CH3])[c]1cccc(-[n+]2ccccc2)c1.[Cl-]. The Kier molecular flexibility index (Phi) is 5.02. The van der Waals surface area contributed by atoms with Gasteiger partial charge in [0.2, 0.25) is 0 Å². The Morgan fingerprint density at radius 1 is 0.882 bits per heavy atom. The fourth-order valence-corrected chi connectivity index (χ4v) is 5.06. The molecule has 0 saturated carbocycles. The summed E-state index contributed by atoms with van der Waals surface area (Å²) >= 11 is -1.93. The first-order valence-corrected chi connectivity index (χ1v) is 15.6. The summed E-state index contributed by atoms with van der Waals surface area (Å²) in [7, 11) is 0. The topological polar surface area (TPSA) is 3.88 Å². The van der Waals surface area contributed by atoms with Gasteiger partial charge in [0.05, 0.1) is 0 Å². The molecule has 0 saturated heterocycles. The van der Waals surface area contributed by atoms with E-state index in [2.05, 4.69) is 68.2 Å². The first-order chi connectivity index (χ1) is 7.57. The Morgan fingerprint density at radius 2 is 1.53 bits per heavy atom. The van der Waals surface area contributed by atoms with E-state index in [-0.39, 0.29) is 12.4 Å². The van der Waals surface area contributed by atoms with Gasteiger partial charge < -0.3 is 12.4 Å². The maximum absolute atomic E-state index is 2.45. The molecule has 0 amide bonds. The van der Waals surface area contributed by atoms with Gasteiger partial charge in [-0.1, -0.05) is 0 Å². The van der Waals surface area contributed by atoms with E-state index >= 15 is 0 Å². The van der Waals surface area contributed by atoms with Crippen LogP contribution in [-0.2, 0) is 0 Å². The van der Waals surface area contributed by atoms with E-state index in [1.807, 2.05) is 6.07 Å². The molecule has 2 rings (SSSR count). The van der Waals surface area contributed by atoms with E-state index in [4.69, 9.17) is 0 Å². The van der Waals surface area contributed by atoms with E-state index in [1.54, 1.807) is 3.58 Å². The van der Waals surface area contributed by atoms with E-state index in [1.165, 1.54) is 5.69 Å². The van der Waals surface area contributed by atoms with Crippen LogP contribution in [0, 0.1) is 0 Å². The monoisotopic (exact) mass is 355 g/mol. The van der Waals surface area contributed by atoms with Crippen LogP contribution in [0.25, 0.3) is 5.69 Å². The number of rotatable bonds is 2. The first kappa shape index (κ1) is 14.5. The molecule has 90 valence electrons. The summed E-state index contributed by atoms with van der Waals surface area (Å²) in [6, 6.07) is 15.1. The maximum Gasteiger partial charge on any atom is -1.00 e. The number of hydrogen-bond donors (Lipinski definition) is 0. The molecule has 1 aromatic carbocycles. The predicted molar refractivity (Wildman–Crippen MR) is 71.0 cm³/mol. The predicted octanol–water partition coefficient (Wildman–Crippen LogP) is -0.487. The summed E-state index contributed by atoms with van der Waals surface area (Å²) in [5.74, 6) is 0. The van der Waals surface area contributed by atoms with E-state index in [0.717, 1.165) is 0 Å². The van der Waals surface area contributed by atoms with Gasteiger partial charge in [-0.3, -0.25) is 0 Å². The maximum atomic E-state index is 2.45. The molecular weight excluding hydrogens is 336 g/mol. The molecule has 1 nitrogen and oxygen atoms in total. The van der Waals surface area contributed by atoms with Crippen molar-refractivity contribution in [2.45, 2.75) is 14.8 Å². The van der Waals surface area contributed by atoms with E-state index in [9.17, 15) is 0 Å². The van der Waals surface area contributed by atoms with Crippen LogP contribution >= 0.6 is 0 Å². The van der Waals surface area contributed by atoms with Gasteiger partial charge in [-0.15, -0.1) is 0 Å². The van der Waals surface area contributed by atoms with Gasteiger partial charge >= 0.3 is 102 Å². The summed E-state index contributed by atoms with van der Waals surface area (Å²) < 4.78 is 3.74. The van der Waals surface area contributed by atoms with Crippen LogP contribution in [0.15, 0.2) is 54.9 Å². The van der Waals surface area contributed by atoms with Crippen molar-refractivity contribution in [3.05, 3.63) is 54.9 Å². The minimum absolute atomic E-state index is 0. The molecule has 0 aliphatic rings. The second-order valence-electron chi connectivity index (χ2n) is 5.08. The van der Waals surface area contributed by atoms with Crippen LogP contribution in [0.4, 0.5) is 0 Å². The molecule has 1 aromatic heterocycles. The summed E-state index contributed by atoms with van der Waals surface area (Å²) in [5.41, 5.74) is 1.27. The van der Waals surface area contributed by atoms with Crippen LogP contribution < -0.4 is 20.6 Å². The van der Waals surface area contributed by atoms with Crippen molar-refractivity contribution in [1.82, 2.24) is 0 Å². The van der Waals surface area contributed by atoms with E-state index in [0.29, 0.717) is 0 Å². The van der Waals surface area contributed by atoms with Gasteiger partial charge in [-0.05, 0) is 0 Å². The molecule has 0 aliphatic carbocycles. The van der Waals surface area contributed by atoms with Crippen molar-refractivity contribution < 1.29 is 17.0 Å². The zero-order chi connectivity index (χ0) is 11.6. The van der Waals surface area contributed by atoms with Crippen molar-refractivity contribution in [3.8, 4) is 5.69 Å². The van der Waals surface area contributed by atoms with Crippen molar-refractivity contribution >= 4 is 22.0 Å². The number of halogens is 1. The first-order valence-electron chi connectivity index (χ1n) is 5.64. The minimum Gasteiger partial charge on any atom is -1.00 e. The molecule has 17 heavy (non-hydrogen) atoms. The van der Waals surface area contributed by atoms with Gasteiger partial charge in [-0.25, -0.2) is 0 Å². The average molecular weight is 354 g/mol. The Labute approximate surface area is 114 Å². The van der Waals surface area contributed by atoms with Crippen LogP contribution in [-0.4, -0.2) is 18.4 Å². The molecule has 0 bridgehead atoms. The molecule has 0 aliphatic heterocycles. The van der Waals surface area contributed by atoms with Crippen molar-refractivity contribution in [2.75, 3.05) is 0 Å². The third-order valence-corrected chi connectivity index (χ3v) is 8.56. The molecule has 0 unspecified atom stereocenters. The van der Waals surface area contributed by atoms with Gasteiger partial charge in [0, 0.05) is 0 Å². The van der Waals surface area contributed by atoms with Gasteiger partial charge in [0.1, 0.15) is 0 Å². The standard InChI is InChI=1S/C11H9N.3CH3.ClH.Sn/c1-3-7-11(8-4-1)12-9-5-2-6-10-12;;;;;/h1-3,5-10H;3*1H3;1H;/q+1;;;;;/p-1. The molecule has 3 heteroatoms. The number of aromatic nitrogens is 1. The van der Waals surface area contributed by atoms with Gasteiger partial charge in [0.15, 0.2) is 0 Å². The normalized spacial score (nSPS) is 10.8. The number of hydrogen-bond acceptors (Lipinski definition) is 0. The zero-order valence-corrected chi connectivity index (χ0v) is 14.1. The Hall–Kier alpha value is -0.541. The number of benzene rings is 1. The molecule has 0 radical (unpaired) electrons. The smallest absolute Gasteiger partial charge is 1.00 e. The molecule has 2 aromatic rings. The fourth-order valence-electron chi connectivity index (χ4n) is 1.70. The van der Waals surface area contributed by atoms with Crippen LogP contribution in [0.2, 0.25) is 14.8 Å². The van der Waals surface area contributed by atoms with Gasteiger partial charge in [0.25, 0.3) is 0 Å². The number of nitrogens with zero attached hydrogens (tertiary/aromatic N) is 1. The summed E-state index contributed by atoms with van der Waals surface area (Å²) in [6.45, 7) is 0. The molecule has 0 spiro atoms. The molecular formula is C14H18ClNSn. The molecule has 0 N–H and O–H groups in total. The largest absolute Gasteiger partial charge is 1.00 e. The summed E-state index contributed by atoms with van der Waals surface area (Å²) in [4.78, 5) is 7.34. The fraction of sp³-hybridized carbons (Fsp3) is 0.214. The van der Waals surface area contributed by atoms with Gasteiger partial charge in [-0.2, -0.15) is 0 Å². The summed E-state index contributed by atoms with van der Waals surface area (Å²) in [5, 5.41) is 0. The molecule has 0 atom stereocenters. The minimum atomic E-state index is -1.93. The molecule has 1 heterocycles. The molecule has 0 fully saturated rings. The number of pyridine rings is 1. The average Bonchev–Trinajstić information content (AvgIpc) is 2.29. The third-order valence-electron chi connectivity index (χ3n) is 2.73. The van der Waals surface area contributed by atoms with E-state index < -0.39 is 18.4 Å². The summed E-state index contributed by atoms with van der Waals surface area (Å²) in [6.07, 6.45) is 4.19. The van der Waals surface area contributed by atoms with Crippen LogP contribution in [0.5, 0.6) is 0 Å².